The third-order valence-electron chi connectivity index (χ3n) is 4.58. The van der Waals surface area contributed by atoms with Crippen molar-refractivity contribution in [2.75, 3.05) is 13.1 Å². The molecule has 6 nitrogen and oxygen atoms in total. The maximum atomic E-state index is 12.8. The molecule has 1 amide bonds. The summed E-state index contributed by atoms with van der Waals surface area (Å²) >= 11 is 0. The lowest BCUT2D eigenvalue weighted by Crippen LogP contribution is -2.42. The molecule has 4 heterocycles. The Morgan fingerprint density at radius 1 is 1.23 bits per heavy atom. The van der Waals surface area contributed by atoms with Gasteiger partial charge in [-0.25, -0.2) is 0 Å². The second-order valence-electron chi connectivity index (χ2n) is 5.90. The number of carbonyl (C=O) groups excluding carboxylic acids is 1. The normalized spacial score (nSPS) is 24.3. The van der Waals surface area contributed by atoms with Gasteiger partial charge in [0.1, 0.15) is 0 Å². The Morgan fingerprint density at radius 2 is 2.05 bits per heavy atom. The van der Waals surface area contributed by atoms with E-state index in [9.17, 15) is 4.79 Å². The lowest BCUT2D eigenvalue weighted by molar-refractivity contribution is 0.0669. The number of hydrogen-bond donors (Lipinski definition) is 1. The molecule has 0 saturated carbocycles. The predicted molar refractivity (Wildman–Crippen MR) is 80.2 cm³/mol. The summed E-state index contributed by atoms with van der Waals surface area (Å²) < 4.78 is 5.34. The molecule has 2 aromatic rings. The van der Waals surface area contributed by atoms with Gasteiger partial charge >= 0.3 is 0 Å². The first kappa shape index (κ1) is 13.5. The molecule has 22 heavy (non-hydrogen) atoms. The molecule has 2 fully saturated rings. The molecular weight excluding hydrogens is 280 g/mol. The van der Waals surface area contributed by atoms with Crippen molar-refractivity contribution in [3.8, 4) is 11.3 Å². The van der Waals surface area contributed by atoms with E-state index in [2.05, 4.69) is 15.5 Å². The molecule has 0 aromatic carbocycles. The van der Waals surface area contributed by atoms with E-state index in [0.29, 0.717) is 17.5 Å². The SMILES string of the molecule is O=C(c1cc(-c2ccncc2)on1)N1C2CCNCC1CC2. The maximum absolute atomic E-state index is 12.8. The van der Waals surface area contributed by atoms with Gasteiger partial charge in [0.25, 0.3) is 5.91 Å². The van der Waals surface area contributed by atoms with E-state index >= 15 is 0 Å². The van der Waals surface area contributed by atoms with E-state index in [1.165, 1.54) is 0 Å². The zero-order valence-corrected chi connectivity index (χ0v) is 12.2. The summed E-state index contributed by atoms with van der Waals surface area (Å²) in [6.07, 6.45) is 6.56. The number of hydrogen-bond acceptors (Lipinski definition) is 5. The quantitative estimate of drug-likeness (QED) is 0.913. The van der Waals surface area contributed by atoms with E-state index in [4.69, 9.17) is 4.52 Å². The molecule has 114 valence electrons. The minimum absolute atomic E-state index is 0.0137. The lowest BCUT2D eigenvalue weighted by Gasteiger charge is -2.26. The van der Waals surface area contributed by atoms with Crippen LogP contribution >= 0.6 is 0 Å². The topological polar surface area (TPSA) is 71.3 Å². The molecule has 2 unspecified atom stereocenters. The molecule has 2 aliphatic heterocycles. The van der Waals surface area contributed by atoms with E-state index in [1.54, 1.807) is 18.5 Å². The molecular formula is C16H18N4O2. The number of nitrogens with one attached hydrogen (secondary N) is 1. The van der Waals surface area contributed by atoms with Crippen LogP contribution in [0.5, 0.6) is 0 Å². The van der Waals surface area contributed by atoms with E-state index < -0.39 is 0 Å². The van der Waals surface area contributed by atoms with E-state index in [-0.39, 0.29) is 11.9 Å². The van der Waals surface area contributed by atoms with E-state index in [1.807, 2.05) is 17.0 Å². The number of pyridine rings is 1. The van der Waals surface area contributed by atoms with Gasteiger partial charge in [-0.15, -0.1) is 0 Å². The molecule has 0 spiro atoms. The Kier molecular flexibility index (Phi) is 3.38. The Balaban J connectivity index is 1.60. The Morgan fingerprint density at radius 3 is 2.91 bits per heavy atom. The molecule has 2 aromatic heterocycles. The number of nitrogens with zero attached hydrogens (tertiary/aromatic N) is 3. The fourth-order valence-corrected chi connectivity index (χ4v) is 3.47. The van der Waals surface area contributed by atoms with Crippen molar-refractivity contribution >= 4 is 5.91 Å². The Bertz CT molecular complexity index is 656. The first-order chi connectivity index (χ1) is 10.8. The van der Waals surface area contributed by atoms with Crippen LogP contribution < -0.4 is 5.32 Å². The minimum atomic E-state index is -0.0137. The van der Waals surface area contributed by atoms with Crippen molar-refractivity contribution in [3.05, 3.63) is 36.3 Å². The van der Waals surface area contributed by atoms with Gasteiger partial charge in [0.15, 0.2) is 11.5 Å². The smallest absolute Gasteiger partial charge is 0.276 e. The molecule has 2 saturated heterocycles. The number of amides is 1. The highest BCUT2D eigenvalue weighted by Crippen LogP contribution is 2.30. The van der Waals surface area contributed by atoms with Crippen LogP contribution in [0.15, 0.2) is 35.1 Å². The average molecular weight is 298 g/mol. The second-order valence-corrected chi connectivity index (χ2v) is 5.90. The summed E-state index contributed by atoms with van der Waals surface area (Å²) in [4.78, 5) is 18.8. The van der Waals surface area contributed by atoms with Gasteiger partial charge in [0.05, 0.1) is 0 Å². The van der Waals surface area contributed by atoms with E-state index in [0.717, 1.165) is 37.9 Å². The highest BCUT2D eigenvalue weighted by atomic mass is 16.5. The number of rotatable bonds is 2. The van der Waals surface area contributed by atoms with Crippen molar-refractivity contribution in [3.63, 3.8) is 0 Å². The number of aromatic nitrogens is 2. The van der Waals surface area contributed by atoms with Gasteiger partial charge in [0.2, 0.25) is 0 Å². The Hall–Kier alpha value is -2.21. The van der Waals surface area contributed by atoms with Crippen molar-refractivity contribution in [1.82, 2.24) is 20.4 Å². The summed E-state index contributed by atoms with van der Waals surface area (Å²) in [5.74, 6) is 0.589. The third kappa shape index (κ3) is 2.29. The summed E-state index contributed by atoms with van der Waals surface area (Å²) in [6.45, 7) is 1.85. The van der Waals surface area contributed by atoms with Crippen LogP contribution in [0.25, 0.3) is 11.3 Å². The molecule has 6 heteroatoms. The van der Waals surface area contributed by atoms with Gasteiger partial charge < -0.3 is 14.7 Å². The van der Waals surface area contributed by atoms with Crippen molar-refractivity contribution in [2.45, 2.75) is 31.3 Å². The van der Waals surface area contributed by atoms with Crippen molar-refractivity contribution < 1.29 is 9.32 Å². The van der Waals surface area contributed by atoms with Gasteiger partial charge in [-0.2, -0.15) is 0 Å². The molecule has 1 N–H and O–H groups in total. The van der Waals surface area contributed by atoms with Crippen molar-refractivity contribution in [1.29, 1.82) is 0 Å². The fourth-order valence-electron chi connectivity index (χ4n) is 3.47. The van der Waals surface area contributed by atoms with Gasteiger partial charge in [0, 0.05) is 42.7 Å². The van der Waals surface area contributed by atoms with Crippen LogP contribution in [0, 0.1) is 0 Å². The monoisotopic (exact) mass is 298 g/mol. The number of fused-ring (bicyclic) bond motifs is 2. The Labute approximate surface area is 128 Å². The predicted octanol–water partition coefficient (Wildman–Crippen LogP) is 1.70. The molecule has 2 atom stereocenters. The van der Waals surface area contributed by atoms with Crippen LogP contribution in [0.4, 0.5) is 0 Å². The second kappa shape index (κ2) is 5.53. The first-order valence-electron chi connectivity index (χ1n) is 7.73. The van der Waals surface area contributed by atoms with Gasteiger partial charge in [-0.05, 0) is 37.9 Å². The molecule has 0 radical (unpaired) electrons. The lowest BCUT2D eigenvalue weighted by atomic mass is 10.1. The van der Waals surface area contributed by atoms with Crippen LogP contribution in [0.2, 0.25) is 0 Å². The standard InChI is InChI=1S/C16H18N4O2/c21-16(20-12-1-2-13(20)10-18-8-5-12)14-9-15(22-19-14)11-3-6-17-7-4-11/h3-4,6-7,9,12-13,18H,1-2,5,8,10H2. The highest BCUT2D eigenvalue weighted by molar-refractivity contribution is 5.93. The number of carbonyl (C=O) groups is 1. The molecule has 2 aliphatic rings. The van der Waals surface area contributed by atoms with Crippen LogP contribution in [0.3, 0.4) is 0 Å². The highest BCUT2D eigenvalue weighted by Gasteiger charge is 2.39. The summed E-state index contributed by atoms with van der Waals surface area (Å²) in [5, 5.41) is 7.39. The third-order valence-corrected chi connectivity index (χ3v) is 4.58. The fraction of sp³-hybridized carbons (Fsp3) is 0.438. The molecule has 2 bridgehead atoms. The minimum Gasteiger partial charge on any atom is -0.355 e. The summed E-state index contributed by atoms with van der Waals surface area (Å²) in [7, 11) is 0. The average Bonchev–Trinajstić information content (AvgIpc) is 3.12. The van der Waals surface area contributed by atoms with Crippen LogP contribution in [-0.4, -0.2) is 46.1 Å². The molecule has 0 aliphatic carbocycles. The maximum Gasteiger partial charge on any atom is 0.276 e. The largest absolute Gasteiger partial charge is 0.355 e. The first-order valence-corrected chi connectivity index (χ1v) is 7.73. The van der Waals surface area contributed by atoms with Gasteiger partial charge in [-0.1, -0.05) is 5.16 Å². The zero-order valence-electron chi connectivity index (χ0n) is 12.2. The summed E-state index contributed by atoms with van der Waals surface area (Å²) in [6, 6.07) is 6.02. The molecule has 4 rings (SSSR count). The van der Waals surface area contributed by atoms with Crippen LogP contribution in [0.1, 0.15) is 29.8 Å². The summed E-state index contributed by atoms with van der Waals surface area (Å²) in [5.41, 5.74) is 1.27. The zero-order chi connectivity index (χ0) is 14.9. The van der Waals surface area contributed by atoms with Crippen LogP contribution in [-0.2, 0) is 0 Å². The van der Waals surface area contributed by atoms with Gasteiger partial charge in [-0.3, -0.25) is 9.78 Å². The van der Waals surface area contributed by atoms with Crippen molar-refractivity contribution in [2.24, 2.45) is 0 Å².